The maximum atomic E-state index is 13.2. The van der Waals surface area contributed by atoms with Gasteiger partial charge in [0.2, 0.25) is 11.7 Å². The number of hydrogen-bond donors (Lipinski definition) is 11. The average molecular weight is 1140 g/mol. The Hall–Kier alpha value is -4.16. The molecule has 4 unspecified atom stereocenters. The summed E-state index contributed by atoms with van der Waals surface area (Å²) in [5.74, 6) is -1.11. The van der Waals surface area contributed by atoms with Crippen molar-refractivity contribution in [1.82, 2.24) is 43.6 Å². The number of anilines is 2. The van der Waals surface area contributed by atoms with Gasteiger partial charge in [0.05, 0.1) is 39.3 Å². The molecule has 8 heterocycles. The van der Waals surface area contributed by atoms with Crippen LogP contribution in [0.3, 0.4) is 0 Å². The minimum absolute atomic E-state index is 0.0235. The zero-order valence-corrected chi connectivity index (χ0v) is 42.1. The number of nitrogens with two attached hydrogens (primary N) is 2. The molecule has 3 aliphatic heterocycles. The lowest BCUT2D eigenvalue weighted by molar-refractivity contribution is -0.745. The van der Waals surface area contributed by atoms with Crippen molar-refractivity contribution in [2.45, 2.75) is 80.9 Å². The summed E-state index contributed by atoms with van der Waals surface area (Å²) in [7, 11) is -15.0. The fourth-order valence-corrected chi connectivity index (χ4v) is 13.3. The lowest BCUT2D eigenvalue weighted by Gasteiger charge is -2.28. The number of H-pyrrole nitrogens is 2. The SMILES string of the molecule is CC[C@H]1[C@@H](O)[C@H]([n+]2cn(C)c3c(=O)[nH]c(N)nc32)O[C@@H]1COP(=O)(O)OP(=O)(O)OP(=O)(O)OC[C@H]1O[C@@H](n2cnc3c(N)ncnc32)[C@H](OC)[C@@H]1OP(O)(=S)OC[C@H]1O[C@@H](n2ccc(=O)[nH]c2=O)[C@H](O)[C@@H]1O. The Kier molecular flexibility index (Phi) is 15.9. The Morgan fingerprint density at radius 1 is 0.822 bits per heavy atom. The molecular weight excluding hydrogens is 1090 g/mol. The van der Waals surface area contributed by atoms with Gasteiger partial charge >= 0.3 is 41.5 Å². The Balaban J connectivity index is 0.935. The zero-order valence-electron chi connectivity index (χ0n) is 37.7. The van der Waals surface area contributed by atoms with Gasteiger partial charge in [0.25, 0.3) is 17.1 Å². The first-order chi connectivity index (χ1) is 34.2. The van der Waals surface area contributed by atoms with Gasteiger partial charge in [0, 0.05) is 25.3 Å². The molecule has 0 radical (unpaired) electrons. The zero-order chi connectivity index (χ0) is 53.1. The number of aliphatic hydroxyl groups excluding tert-OH is 3. The molecule has 35 nitrogen and oxygen atoms in total. The van der Waals surface area contributed by atoms with E-state index in [1.54, 1.807) is 6.92 Å². The standard InChI is InChI=1S/C33H46N12O23P4S/c1-4-13-14(63-29(20(13)47)45-12-42(2)19-27(45)40-32(35)41-28(19)50)7-60-69(52,53)67-71(56,57)68-70(54,55)61-9-16-23(24(59-3)31(65-16)44-11-38-18-25(34)36-10-37-26(18)44)66-72(58,73)62-8-15-21(48)22(49)30(64-15)43-6-5-17(46)39-33(43)51/h5-6,10-16,20-24,29-31,47-49H,4,7-9H2,1-3H3,(H9-,34,35,36,37,39,40,41,46,50,51,52,53,54,55,56,57,58,73)/p+1/t13-,14-,15-,16-,20-,21-,22-,23-,24-,29-,30-,31-,72?/m1/s1. The molecule has 0 bridgehead atoms. The number of aryl methyl sites for hydroxylation is 1. The Labute approximate surface area is 412 Å². The first-order valence-electron chi connectivity index (χ1n) is 21.1. The molecular formula is C33H47N12O23P4S+. The quantitative estimate of drug-likeness (QED) is 0.0272. The van der Waals surface area contributed by atoms with Gasteiger partial charge in [-0.15, -0.1) is 0 Å². The molecule has 13 N–H and O–H groups in total. The van der Waals surface area contributed by atoms with Crippen LogP contribution < -0.4 is 32.8 Å². The predicted octanol–water partition coefficient (Wildman–Crippen LogP) is -3.09. The number of aromatic nitrogens is 10. The Morgan fingerprint density at radius 2 is 1.48 bits per heavy atom. The highest BCUT2D eigenvalue weighted by Gasteiger charge is 2.53. The maximum absolute atomic E-state index is 13.2. The van der Waals surface area contributed by atoms with Crippen LogP contribution in [0.4, 0.5) is 11.8 Å². The molecule has 3 aliphatic rings. The molecule has 16 atom stereocenters. The molecule has 0 spiro atoms. The summed E-state index contributed by atoms with van der Waals surface area (Å²) in [5, 5.41) is 32.6. The summed E-state index contributed by atoms with van der Waals surface area (Å²) >= 11 is 5.24. The van der Waals surface area contributed by atoms with E-state index >= 15 is 0 Å². The summed E-state index contributed by atoms with van der Waals surface area (Å²) < 4.78 is 97.0. The van der Waals surface area contributed by atoms with Crippen LogP contribution in [0.25, 0.3) is 22.3 Å². The highest BCUT2D eigenvalue weighted by Crippen LogP contribution is 2.68. The van der Waals surface area contributed by atoms with Crippen LogP contribution in [0, 0.1) is 5.92 Å². The smallest absolute Gasteiger partial charge is 0.387 e. The minimum atomic E-state index is -6.11. The lowest BCUT2D eigenvalue weighted by Crippen LogP contribution is -2.45. The number of aliphatic hydroxyl groups is 3. The van der Waals surface area contributed by atoms with E-state index in [1.165, 1.54) is 33.4 Å². The number of nitrogen functional groups attached to an aromatic ring is 2. The number of nitrogens with one attached hydrogen (secondary N) is 2. The maximum Gasteiger partial charge on any atom is 0.490 e. The summed E-state index contributed by atoms with van der Waals surface area (Å²) in [6, 6.07) is 0.961. The number of hydrogen-bond acceptors (Lipinski definition) is 26. The number of phosphoric acid groups is 3. The molecule has 5 aromatic rings. The van der Waals surface area contributed by atoms with Crippen molar-refractivity contribution >= 4 is 76.1 Å². The number of phosphoric ester groups is 2. The van der Waals surface area contributed by atoms with E-state index in [4.69, 9.17) is 60.3 Å². The number of methoxy groups -OCH3 is 1. The third kappa shape index (κ3) is 11.7. The molecule has 3 saturated heterocycles. The van der Waals surface area contributed by atoms with E-state index < -0.39 is 140 Å². The number of ether oxygens (including phenoxy) is 4. The number of imidazole rings is 2. The molecule has 0 aliphatic carbocycles. The lowest BCUT2D eigenvalue weighted by atomic mass is 9.95. The second kappa shape index (κ2) is 21.1. The van der Waals surface area contributed by atoms with Crippen LogP contribution in [0.1, 0.15) is 32.0 Å². The van der Waals surface area contributed by atoms with Gasteiger partial charge < -0.3 is 69.8 Å². The fraction of sp³-hybridized carbons (Fsp3) is 0.576. The molecule has 8 rings (SSSR count). The summed E-state index contributed by atoms with van der Waals surface area (Å²) in [4.78, 5) is 100.0. The van der Waals surface area contributed by atoms with Crippen molar-refractivity contribution in [2.75, 3.05) is 38.4 Å². The molecule has 0 aromatic carbocycles. The van der Waals surface area contributed by atoms with Crippen molar-refractivity contribution in [3.63, 3.8) is 0 Å². The number of aromatic amines is 2. The predicted molar refractivity (Wildman–Crippen MR) is 242 cm³/mol. The summed E-state index contributed by atoms with van der Waals surface area (Å²) in [5.41, 5.74) is 9.60. The summed E-state index contributed by atoms with van der Waals surface area (Å²) in [6.45, 7) is -5.78. The van der Waals surface area contributed by atoms with Crippen molar-refractivity contribution in [2.24, 2.45) is 13.0 Å². The number of fused-ring (bicyclic) bond motifs is 2. The van der Waals surface area contributed by atoms with Gasteiger partial charge in [0.15, 0.2) is 30.2 Å². The topological polar surface area (TPSA) is 490 Å². The van der Waals surface area contributed by atoms with Crippen molar-refractivity contribution in [3.8, 4) is 0 Å². The van der Waals surface area contributed by atoms with Crippen LogP contribution in [-0.2, 0) is 78.2 Å². The van der Waals surface area contributed by atoms with Gasteiger partial charge in [-0.05, 0) is 18.2 Å². The molecule has 402 valence electrons. The second-order valence-electron chi connectivity index (χ2n) is 16.3. The van der Waals surface area contributed by atoms with Crippen molar-refractivity contribution in [3.05, 3.63) is 62.4 Å². The second-order valence-corrected chi connectivity index (χ2v) is 23.7. The highest BCUT2D eigenvalue weighted by atomic mass is 32.5. The monoisotopic (exact) mass is 1140 g/mol. The van der Waals surface area contributed by atoms with Gasteiger partial charge in [-0.25, -0.2) is 38.0 Å². The third-order valence-corrected chi connectivity index (χ3v) is 17.4. The van der Waals surface area contributed by atoms with E-state index in [2.05, 4.69) is 33.5 Å². The largest absolute Gasteiger partial charge is 0.490 e. The first-order valence-corrected chi connectivity index (χ1v) is 28.2. The average Bonchev–Trinajstić information content (AvgIpc) is 4.09. The van der Waals surface area contributed by atoms with Crippen LogP contribution in [0.15, 0.2) is 45.6 Å². The molecule has 40 heteroatoms. The van der Waals surface area contributed by atoms with Crippen LogP contribution in [-0.4, -0.2) is 154 Å². The summed E-state index contributed by atoms with van der Waals surface area (Å²) in [6.07, 6.45) is -11.6. The van der Waals surface area contributed by atoms with Crippen molar-refractivity contribution in [1.29, 1.82) is 0 Å². The van der Waals surface area contributed by atoms with Gasteiger partial charge in [-0.2, -0.15) is 8.62 Å². The van der Waals surface area contributed by atoms with E-state index in [0.717, 1.165) is 30.3 Å². The van der Waals surface area contributed by atoms with Crippen LogP contribution >= 0.6 is 30.2 Å². The third-order valence-electron chi connectivity index (χ3n) is 11.6. The first kappa shape index (κ1) is 55.1. The molecule has 0 saturated carbocycles. The van der Waals surface area contributed by atoms with E-state index in [0.29, 0.717) is 0 Å². The number of rotatable bonds is 20. The van der Waals surface area contributed by atoms with Gasteiger partial charge in [-0.3, -0.25) is 46.8 Å². The highest BCUT2D eigenvalue weighted by molar-refractivity contribution is 8.07. The Morgan fingerprint density at radius 3 is 2.14 bits per heavy atom. The fourth-order valence-electron chi connectivity index (χ4n) is 8.38. The van der Waals surface area contributed by atoms with Crippen molar-refractivity contribution < 1.29 is 98.8 Å². The van der Waals surface area contributed by atoms with E-state index in [-0.39, 0.29) is 40.5 Å². The molecule has 3 fully saturated rings. The molecule has 0 amide bonds. The normalized spacial score (nSPS) is 30.9. The van der Waals surface area contributed by atoms with E-state index in [9.17, 15) is 63.0 Å². The molecule has 5 aromatic heterocycles. The number of nitrogens with zero attached hydrogens (tertiary/aromatic N) is 8. The Bertz CT molecular complexity index is 3250. The van der Waals surface area contributed by atoms with Gasteiger partial charge in [-0.1, -0.05) is 11.9 Å². The minimum Gasteiger partial charge on any atom is -0.387 e. The van der Waals surface area contributed by atoms with Gasteiger partial charge in [0.1, 0.15) is 54.6 Å². The van der Waals surface area contributed by atoms with Crippen LogP contribution in [0.2, 0.25) is 0 Å². The molecule has 73 heavy (non-hydrogen) atoms. The van der Waals surface area contributed by atoms with E-state index in [1.807, 2.05) is 4.98 Å². The van der Waals surface area contributed by atoms with Crippen LogP contribution in [0.5, 0.6) is 0 Å².